The Morgan fingerprint density at radius 2 is 1.75 bits per heavy atom. The molecule has 3 N–H and O–H groups in total. The van der Waals surface area contributed by atoms with Gasteiger partial charge in [-0.2, -0.15) is 0 Å². The number of carboxylic acids is 1. The van der Waals surface area contributed by atoms with Crippen molar-refractivity contribution in [3.05, 3.63) is 47.0 Å². The highest BCUT2D eigenvalue weighted by molar-refractivity contribution is 6.04. The van der Waals surface area contributed by atoms with Crippen LogP contribution in [0, 0.1) is 35.0 Å². The van der Waals surface area contributed by atoms with E-state index in [9.17, 15) is 14.7 Å². The zero-order chi connectivity index (χ0) is 24.4. The van der Waals surface area contributed by atoms with Crippen LogP contribution < -0.4 is 5.32 Å². The van der Waals surface area contributed by atoms with Crippen LogP contribution in [-0.4, -0.2) is 27.0 Å². The molecule has 6 fully saturated rings. The minimum Gasteiger partial charge on any atom is -0.478 e. The van der Waals surface area contributed by atoms with Crippen molar-refractivity contribution in [1.29, 1.82) is 0 Å². The number of nitrogens with zero attached hydrogens (tertiary/aromatic N) is 1. The molecule has 8 rings (SSSR count). The molecule has 3 atom stereocenters. The maximum Gasteiger partial charge on any atom is 0.335 e. The first-order valence-corrected chi connectivity index (χ1v) is 14.2. The molecule has 6 saturated carbocycles. The number of aryl methyl sites for hydroxylation is 1. The average molecular weight is 488 g/mol. The number of amides is 1. The van der Waals surface area contributed by atoms with Crippen molar-refractivity contribution in [2.24, 2.45) is 35.0 Å². The topological polar surface area (TPSA) is 95.1 Å². The van der Waals surface area contributed by atoms with Gasteiger partial charge in [-0.3, -0.25) is 4.79 Å². The second kappa shape index (κ2) is 8.46. The molecule has 1 aromatic heterocycles. The van der Waals surface area contributed by atoms with E-state index in [4.69, 9.17) is 4.98 Å². The number of carbonyl (C=O) groups excluding carboxylic acids is 1. The lowest BCUT2D eigenvalue weighted by atomic mass is 9.48. The molecular weight excluding hydrogens is 450 g/mol. The highest BCUT2D eigenvalue weighted by Gasteiger charge is 2.50. The molecule has 1 aromatic carbocycles. The molecule has 6 aliphatic carbocycles. The summed E-state index contributed by atoms with van der Waals surface area (Å²) in [7, 11) is 0. The summed E-state index contributed by atoms with van der Waals surface area (Å²) in [6.45, 7) is 0. The minimum atomic E-state index is -0.999. The van der Waals surface area contributed by atoms with Gasteiger partial charge in [0.15, 0.2) is 0 Å². The van der Waals surface area contributed by atoms with Gasteiger partial charge in [0.25, 0.3) is 5.91 Å². The maximum absolute atomic E-state index is 13.5. The predicted molar refractivity (Wildman–Crippen MR) is 137 cm³/mol. The third-order valence-electron chi connectivity index (χ3n) is 10.5. The molecule has 2 aromatic rings. The van der Waals surface area contributed by atoms with Crippen molar-refractivity contribution in [2.45, 2.75) is 83.0 Å². The van der Waals surface area contributed by atoms with Crippen LogP contribution in [0.1, 0.15) is 109 Å². The summed E-state index contributed by atoms with van der Waals surface area (Å²) >= 11 is 0. The summed E-state index contributed by atoms with van der Waals surface area (Å²) in [6, 6.07) is 6.46. The molecule has 0 spiro atoms. The van der Waals surface area contributed by atoms with Crippen molar-refractivity contribution in [3.63, 3.8) is 0 Å². The smallest absolute Gasteiger partial charge is 0.335 e. The molecule has 6 bridgehead atoms. The Morgan fingerprint density at radius 1 is 1.00 bits per heavy atom. The van der Waals surface area contributed by atoms with Crippen LogP contribution in [0.15, 0.2) is 24.3 Å². The van der Waals surface area contributed by atoms with Crippen LogP contribution in [0.5, 0.6) is 0 Å². The molecule has 6 nitrogen and oxygen atoms in total. The monoisotopic (exact) mass is 487 g/mol. The largest absolute Gasteiger partial charge is 0.478 e. The SMILES string of the molecule is O=C(O)c1cccc(NC(=O)c2nc(C3CC4CCC3C4)[nH]c2CCC23CC4CC(CC(C4)C2)C3)c1. The van der Waals surface area contributed by atoms with Gasteiger partial charge in [-0.15, -0.1) is 0 Å². The number of imidazole rings is 1. The van der Waals surface area contributed by atoms with Gasteiger partial charge in [-0.25, -0.2) is 9.78 Å². The Hall–Kier alpha value is -2.63. The fourth-order valence-electron chi connectivity index (χ4n) is 9.46. The molecule has 0 aliphatic heterocycles. The van der Waals surface area contributed by atoms with Crippen molar-refractivity contribution in [1.82, 2.24) is 9.97 Å². The average Bonchev–Trinajstić information content (AvgIpc) is 3.58. The number of rotatable bonds is 7. The van der Waals surface area contributed by atoms with E-state index in [1.165, 1.54) is 76.3 Å². The van der Waals surface area contributed by atoms with Gasteiger partial charge in [0.2, 0.25) is 0 Å². The minimum absolute atomic E-state index is 0.166. The number of aromatic nitrogens is 2. The van der Waals surface area contributed by atoms with E-state index in [1.54, 1.807) is 12.1 Å². The van der Waals surface area contributed by atoms with E-state index in [2.05, 4.69) is 10.3 Å². The fraction of sp³-hybridized carbons (Fsp3) is 0.633. The number of fused-ring (bicyclic) bond motifs is 2. The molecule has 6 heteroatoms. The summed E-state index contributed by atoms with van der Waals surface area (Å²) in [5, 5.41) is 12.3. The number of anilines is 1. The van der Waals surface area contributed by atoms with Crippen LogP contribution in [0.4, 0.5) is 5.69 Å². The quantitative estimate of drug-likeness (QED) is 0.420. The van der Waals surface area contributed by atoms with Gasteiger partial charge in [0.1, 0.15) is 11.5 Å². The maximum atomic E-state index is 13.5. The predicted octanol–water partition coefficient (Wildman–Crippen LogP) is 6.41. The van der Waals surface area contributed by atoms with Gasteiger partial charge in [-0.05, 0) is 124 Å². The molecule has 36 heavy (non-hydrogen) atoms. The number of nitrogens with one attached hydrogen (secondary N) is 2. The van der Waals surface area contributed by atoms with E-state index in [0.29, 0.717) is 28.6 Å². The number of aromatic carboxylic acids is 1. The summed E-state index contributed by atoms with van der Waals surface area (Å²) in [4.78, 5) is 33.5. The number of aromatic amines is 1. The van der Waals surface area contributed by atoms with Gasteiger partial charge in [0.05, 0.1) is 5.56 Å². The van der Waals surface area contributed by atoms with E-state index in [0.717, 1.165) is 48.0 Å². The van der Waals surface area contributed by atoms with E-state index >= 15 is 0 Å². The molecule has 1 amide bonds. The second-order valence-electron chi connectivity index (χ2n) is 13.0. The zero-order valence-electron chi connectivity index (χ0n) is 21.0. The summed E-state index contributed by atoms with van der Waals surface area (Å²) in [5.74, 6) is 4.50. The van der Waals surface area contributed by atoms with Gasteiger partial charge < -0.3 is 15.4 Å². The zero-order valence-corrected chi connectivity index (χ0v) is 21.0. The van der Waals surface area contributed by atoms with Gasteiger partial charge in [-0.1, -0.05) is 12.5 Å². The van der Waals surface area contributed by atoms with E-state index in [-0.39, 0.29) is 11.5 Å². The third-order valence-corrected chi connectivity index (χ3v) is 10.5. The van der Waals surface area contributed by atoms with E-state index in [1.807, 2.05) is 0 Å². The highest BCUT2D eigenvalue weighted by Crippen LogP contribution is 2.61. The van der Waals surface area contributed by atoms with Crippen LogP contribution in [0.3, 0.4) is 0 Å². The Labute approximate surface area is 212 Å². The molecule has 0 saturated heterocycles. The van der Waals surface area contributed by atoms with Crippen molar-refractivity contribution < 1.29 is 14.7 Å². The van der Waals surface area contributed by atoms with Gasteiger partial charge >= 0.3 is 5.97 Å². The molecule has 1 heterocycles. The Balaban J connectivity index is 1.15. The highest BCUT2D eigenvalue weighted by atomic mass is 16.4. The molecule has 0 radical (unpaired) electrons. The Morgan fingerprint density at radius 3 is 2.39 bits per heavy atom. The second-order valence-corrected chi connectivity index (χ2v) is 13.0. The number of hydrogen-bond donors (Lipinski definition) is 3. The summed E-state index contributed by atoms with van der Waals surface area (Å²) in [6.07, 6.45) is 15.6. The standard InChI is InChI=1S/C30H37N3O3/c34-28(31-23-3-1-2-22(13-23)29(35)36)26-25(32-27(33-26)24-12-17-4-5-21(24)11-17)6-7-30-14-18-8-19(15-30)10-20(9-18)16-30/h1-3,13,17-21,24H,4-12,14-16H2,(H,31,34)(H,32,33)(H,35,36). The van der Waals surface area contributed by atoms with Crippen LogP contribution >= 0.6 is 0 Å². The normalized spacial score (nSPS) is 35.9. The van der Waals surface area contributed by atoms with Crippen molar-refractivity contribution in [2.75, 3.05) is 5.32 Å². The first-order valence-electron chi connectivity index (χ1n) is 14.2. The number of carboxylic acid groups (broad SMARTS) is 1. The summed E-state index contributed by atoms with van der Waals surface area (Å²) in [5.41, 5.74) is 2.61. The van der Waals surface area contributed by atoms with E-state index < -0.39 is 5.97 Å². The lowest BCUT2D eigenvalue weighted by Crippen LogP contribution is -2.46. The number of H-pyrrole nitrogens is 1. The number of carbonyl (C=O) groups is 2. The van der Waals surface area contributed by atoms with Crippen molar-refractivity contribution >= 4 is 17.6 Å². The molecule has 3 unspecified atom stereocenters. The Bertz CT molecular complexity index is 1160. The molecule has 6 aliphatic rings. The molecular formula is C30H37N3O3. The van der Waals surface area contributed by atoms with Crippen LogP contribution in [-0.2, 0) is 6.42 Å². The van der Waals surface area contributed by atoms with Gasteiger partial charge in [0, 0.05) is 17.3 Å². The van der Waals surface area contributed by atoms with Crippen LogP contribution in [0.25, 0.3) is 0 Å². The first kappa shape index (κ1) is 22.6. The van der Waals surface area contributed by atoms with Crippen molar-refractivity contribution in [3.8, 4) is 0 Å². The lowest BCUT2D eigenvalue weighted by Gasteiger charge is -2.57. The molecule has 190 valence electrons. The summed E-state index contributed by atoms with van der Waals surface area (Å²) < 4.78 is 0. The number of benzene rings is 1. The number of hydrogen-bond acceptors (Lipinski definition) is 3. The third kappa shape index (κ3) is 3.97. The Kier molecular flexibility index (Phi) is 5.30. The van der Waals surface area contributed by atoms with Crippen LogP contribution in [0.2, 0.25) is 0 Å². The first-order chi connectivity index (χ1) is 17.4. The lowest BCUT2D eigenvalue weighted by molar-refractivity contribution is -0.0570. The fourth-order valence-corrected chi connectivity index (χ4v) is 9.46.